The molecular weight excluding hydrogens is 432 g/mol. The summed E-state index contributed by atoms with van der Waals surface area (Å²) < 4.78 is 0. The molecule has 0 saturated heterocycles. The quantitative estimate of drug-likeness (QED) is 0.172. The van der Waals surface area contributed by atoms with Crippen LogP contribution in [0.15, 0.2) is 121 Å². The van der Waals surface area contributed by atoms with Crippen molar-refractivity contribution < 1.29 is 0 Å². The Labute approximate surface area is 207 Å². The van der Waals surface area contributed by atoms with Crippen molar-refractivity contribution in [3.8, 4) is 11.1 Å². The van der Waals surface area contributed by atoms with Crippen molar-refractivity contribution in [2.75, 3.05) is 0 Å². The maximum Gasteiger partial charge on any atom is -0.00141 e. The van der Waals surface area contributed by atoms with E-state index in [2.05, 4.69) is 121 Å². The van der Waals surface area contributed by atoms with Crippen LogP contribution in [0.1, 0.15) is 0 Å². The van der Waals surface area contributed by atoms with Gasteiger partial charge in [-0.15, -0.1) is 0 Å². The van der Waals surface area contributed by atoms with Crippen molar-refractivity contribution >= 4 is 75.4 Å². The highest BCUT2D eigenvalue weighted by Crippen LogP contribution is 2.46. The maximum atomic E-state index is 2.42. The molecule has 0 saturated carbocycles. The summed E-state index contributed by atoms with van der Waals surface area (Å²) in [5.74, 6) is 0. The summed E-state index contributed by atoms with van der Waals surface area (Å²) in [7, 11) is 0. The van der Waals surface area contributed by atoms with Crippen molar-refractivity contribution in [3.05, 3.63) is 121 Å². The molecule has 0 aromatic heterocycles. The van der Waals surface area contributed by atoms with E-state index < -0.39 is 0 Å². The van der Waals surface area contributed by atoms with Gasteiger partial charge >= 0.3 is 0 Å². The molecule has 9 aromatic carbocycles. The highest BCUT2D eigenvalue weighted by molar-refractivity contribution is 6.33. The van der Waals surface area contributed by atoms with Crippen LogP contribution in [0.5, 0.6) is 0 Å². The zero-order chi connectivity index (χ0) is 23.4. The van der Waals surface area contributed by atoms with Crippen LogP contribution >= 0.6 is 0 Å². The number of hydrogen-bond acceptors (Lipinski definition) is 0. The Balaban J connectivity index is 1.53. The second-order valence-corrected chi connectivity index (χ2v) is 10.1. The van der Waals surface area contributed by atoms with E-state index in [1.807, 2.05) is 0 Å². The first-order valence-electron chi connectivity index (χ1n) is 12.6. The van der Waals surface area contributed by atoms with E-state index in [0.717, 1.165) is 0 Å². The molecule has 0 heteroatoms. The van der Waals surface area contributed by atoms with Crippen LogP contribution in [0, 0.1) is 0 Å². The lowest BCUT2D eigenvalue weighted by atomic mass is 9.84. The summed E-state index contributed by atoms with van der Waals surface area (Å²) in [6.45, 7) is 0. The molecule has 0 radical (unpaired) electrons. The Kier molecular flexibility index (Phi) is 3.36. The van der Waals surface area contributed by atoms with E-state index in [1.54, 1.807) is 0 Å². The van der Waals surface area contributed by atoms with Gasteiger partial charge in [0.1, 0.15) is 0 Å². The van der Waals surface area contributed by atoms with Crippen LogP contribution in [0.4, 0.5) is 0 Å². The second kappa shape index (κ2) is 6.50. The monoisotopic (exact) mass is 452 g/mol. The SMILES string of the molecule is c1ccc2c(c1)cc1c(-c3ccc4ccc5cccc6ccc3c4c56)cc3cccc4ccc2c1c43. The van der Waals surface area contributed by atoms with Gasteiger partial charge in [0.2, 0.25) is 0 Å². The minimum absolute atomic E-state index is 1.29. The van der Waals surface area contributed by atoms with Crippen LogP contribution in [0.25, 0.3) is 86.5 Å². The molecule has 0 bridgehead atoms. The summed E-state index contributed by atoms with van der Waals surface area (Å²) in [6, 6.07) is 45.4. The van der Waals surface area contributed by atoms with Gasteiger partial charge in [-0.2, -0.15) is 0 Å². The summed E-state index contributed by atoms with van der Waals surface area (Å²) in [5.41, 5.74) is 2.62. The Morgan fingerprint density at radius 1 is 0.250 bits per heavy atom. The molecular formula is C36H20. The minimum atomic E-state index is 1.29. The first-order chi connectivity index (χ1) is 17.8. The third kappa shape index (κ3) is 2.25. The Morgan fingerprint density at radius 3 is 1.64 bits per heavy atom. The smallest absolute Gasteiger partial charge is 0.00141 e. The molecule has 164 valence electrons. The molecule has 0 aliphatic carbocycles. The van der Waals surface area contributed by atoms with Crippen molar-refractivity contribution in [1.29, 1.82) is 0 Å². The molecule has 9 aromatic rings. The summed E-state index contributed by atoms with van der Waals surface area (Å²) in [5, 5.41) is 18.7. The average molecular weight is 453 g/mol. The van der Waals surface area contributed by atoms with Gasteiger partial charge in [0, 0.05) is 0 Å². The molecule has 0 spiro atoms. The average Bonchev–Trinajstić information content (AvgIpc) is 2.94. The van der Waals surface area contributed by atoms with Crippen molar-refractivity contribution in [1.82, 2.24) is 0 Å². The Bertz CT molecular complexity index is 2290. The number of rotatable bonds is 1. The predicted molar refractivity (Wildman–Crippen MR) is 157 cm³/mol. The summed E-state index contributed by atoms with van der Waals surface area (Å²) in [6.07, 6.45) is 0. The molecule has 0 aliphatic heterocycles. The van der Waals surface area contributed by atoms with E-state index in [-0.39, 0.29) is 0 Å². The highest BCUT2D eigenvalue weighted by Gasteiger charge is 2.18. The van der Waals surface area contributed by atoms with Crippen molar-refractivity contribution in [2.45, 2.75) is 0 Å². The molecule has 0 amide bonds. The standard InChI is InChI=1S/C36H20/c1-2-10-27-25(5-1)19-32-31(20-26-9-4-8-23-14-17-29(27)36(32)34(23)26)28-16-13-24-12-11-21-6-3-7-22-15-18-30(28)35(24)33(21)22/h1-20H. The second-order valence-electron chi connectivity index (χ2n) is 10.1. The lowest BCUT2D eigenvalue weighted by molar-refractivity contribution is 1.73. The van der Waals surface area contributed by atoms with E-state index in [9.17, 15) is 0 Å². The van der Waals surface area contributed by atoms with E-state index >= 15 is 0 Å². The summed E-state index contributed by atoms with van der Waals surface area (Å²) >= 11 is 0. The molecule has 0 atom stereocenters. The van der Waals surface area contributed by atoms with Gasteiger partial charge in [-0.05, 0) is 98.7 Å². The topological polar surface area (TPSA) is 0 Å². The molecule has 36 heavy (non-hydrogen) atoms. The number of fused-ring (bicyclic) bond motifs is 2. The van der Waals surface area contributed by atoms with Crippen LogP contribution in [0.3, 0.4) is 0 Å². The van der Waals surface area contributed by atoms with Crippen molar-refractivity contribution in [2.24, 2.45) is 0 Å². The van der Waals surface area contributed by atoms with Gasteiger partial charge in [0.05, 0.1) is 0 Å². The Hall–Kier alpha value is -4.68. The normalized spacial score (nSPS) is 12.4. The molecule has 0 aliphatic rings. The number of benzene rings is 9. The lowest BCUT2D eigenvalue weighted by Crippen LogP contribution is -1.91. The molecule has 0 heterocycles. The van der Waals surface area contributed by atoms with Gasteiger partial charge in [-0.3, -0.25) is 0 Å². The largest absolute Gasteiger partial charge is 0.0616 e. The van der Waals surface area contributed by atoms with Crippen LogP contribution < -0.4 is 0 Å². The third-order valence-corrected chi connectivity index (χ3v) is 8.31. The molecule has 0 fully saturated rings. The van der Waals surface area contributed by atoms with E-state index in [4.69, 9.17) is 0 Å². The first kappa shape index (κ1) is 18.6. The predicted octanol–water partition coefficient (Wildman–Crippen LogP) is 10.3. The molecule has 9 rings (SSSR count). The van der Waals surface area contributed by atoms with Crippen molar-refractivity contribution in [3.63, 3.8) is 0 Å². The fourth-order valence-corrected chi connectivity index (χ4v) is 6.77. The fraction of sp³-hybridized carbons (Fsp3) is 0. The van der Waals surface area contributed by atoms with Crippen LogP contribution in [-0.2, 0) is 0 Å². The van der Waals surface area contributed by atoms with Crippen LogP contribution in [-0.4, -0.2) is 0 Å². The molecule has 0 N–H and O–H groups in total. The fourth-order valence-electron chi connectivity index (χ4n) is 6.77. The maximum absolute atomic E-state index is 2.42. The third-order valence-electron chi connectivity index (χ3n) is 8.31. The highest BCUT2D eigenvalue weighted by atomic mass is 14.2. The number of hydrogen-bond donors (Lipinski definition) is 0. The zero-order valence-corrected chi connectivity index (χ0v) is 19.5. The Morgan fingerprint density at radius 2 is 0.833 bits per heavy atom. The van der Waals surface area contributed by atoms with Gasteiger partial charge in [0.15, 0.2) is 0 Å². The van der Waals surface area contributed by atoms with Gasteiger partial charge < -0.3 is 0 Å². The molecule has 0 unspecified atom stereocenters. The molecule has 0 nitrogen and oxygen atoms in total. The van der Waals surface area contributed by atoms with Gasteiger partial charge in [-0.25, -0.2) is 0 Å². The van der Waals surface area contributed by atoms with Gasteiger partial charge in [-0.1, -0.05) is 109 Å². The minimum Gasteiger partial charge on any atom is -0.0616 e. The zero-order valence-electron chi connectivity index (χ0n) is 19.5. The van der Waals surface area contributed by atoms with E-state index in [1.165, 1.54) is 86.5 Å². The summed E-state index contributed by atoms with van der Waals surface area (Å²) in [4.78, 5) is 0. The first-order valence-corrected chi connectivity index (χ1v) is 12.6. The lowest BCUT2D eigenvalue weighted by Gasteiger charge is -2.19. The van der Waals surface area contributed by atoms with Crippen LogP contribution in [0.2, 0.25) is 0 Å². The van der Waals surface area contributed by atoms with E-state index in [0.29, 0.717) is 0 Å². The van der Waals surface area contributed by atoms with Gasteiger partial charge in [0.25, 0.3) is 0 Å².